The minimum atomic E-state index is -3.45. The molecule has 1 fully saturated rings. The summed E-state index contributed by atoms with van der Waals surface area (Å²) in [7, 11) is -3.45. The number of aromatic nitrogens is 2. The van der Waals surface area contributed by atoms with Crippen molar-refractivity contribution < 1.29 is 8.42 Å². The summed E-state index contributed by atoms with van der Waals surface area (Å²) in [6.45, 7) is 2.60. The minimum Gasteiger partial charge on any atom is -0.313 e. The molecule has 0 bridgehead atoms. The second kappa shape index (κ2) is 4.88. The van der Waals surface area contributed by atoms with Crippen LogP contribution in [0.3, 0.4) is 0 Å². The molecule has 0 saturated carbocycles. The third-order valence-electron chi connectivity index (χ3n) is 2.75. The van der Waals surface area contributed by atoms with Crippen molar-refractivity contribution in [3.8, 4) is 0 Å². The maximum absolute atomic E-state index is 12.0. The first kappa shape index (κ1) is 12.7. The average molecular weight is 276 g/mol. The lowest BCUT2D eigenvalue weighted by atomic mass is 10.3. The smallest absolute Gasteiger partial charge is 0.248 e. The number of nitrogens with zero attached hydrogens (tertiary/aromatic N) is 2. The maximum Gasteiger partial charge on any atom is 0.248 e. The quantitative estimate of drug-likeness (QED) is 0.657. The Kier molecular flexibility index (Phi) is 3.65. The first-order valence-corrected chi connectivity index (χ1v) is 7.47. The number of nitrogens with one attached hydrogen (secondary N) is 1. The number of rotatable bonds is 3. The SMILES string of the molecule is Cc1cnc(S(=O)(=O)C[C@@H]2CCCN2)nc1Cl. The first-order chi connectivity index (χ1) is 7.99. The summed E-state index contributed by atoms with van der Waals surface area (Å²) in [6.07, 6.45) is 3.32. The highest BCUT2D eigenvalue weighted by molar-refractivity contribution is 7.91. The number of halogens is 1. The van der Waals surface area contributed by atoms with Crippen LogP contribution in [0, 0.1) is 6.92 Å². The summed E-state index contributed by atoms with van der Waals surface area (Å²) >= 11 is 5.81. The topological polar surface area (TPSA) is 72.0 Å². The van der Waals surface area contributed by atoms with Crippen LogP contribution in [0.1, 0.15) is 18.4 Å². The van der Waals surface area contributed by atoms with Crippen LogP contribution >= 0.6 is 11.6 Å². The Hall–Kier alpha value is -0.720. The van der Waals surface area contributed by atoms with Gasteiger partial charge in [-0.1, -0.05) is 11.6 Å². The maximum atomic E-state index is 12.0. The summed E-state index contributed by atoms with van der Waals surface area (Å²) in [5, 5.41) is 3.15. The summed E-state index contributed by atoms with van der Waals surface area (Å²) < 4.78 is 24.1. The molecule has 0 unspecified atom stereocenters. The van der Waals surface area contributed by atoms with Crippen LogP contribution in [0.5, 0.6) is 0 Å². The Morgan fingerprint density at radius 3 is 2.94 bits per heavy atom. The van der Waals surface area contributed by atoms with Crippen LogP contribution in [-0.4, -0.2) is 36.7 Å². The summed E-state index contributed by atoms with van der Waals surface area (Å²) in [6, 6.07) is 0.00341. The van der Waals surface area contributed by atoms with Crippen LogP contribution in [0.4, 0.5) is 0 Å². The molecular formula is C10H14ClN3O2S. The van der Waals surface area contributed by atoms with Crippen LogP contribution < -0.4 is 5.32 Å². The Morgan fingerprint density at radius 1 is 1.59 bits per heavy atom. The van der Waals surface area contributed by atoms with E-state index in [0.29, 0.717) is 5.56 Å². The fourth-order valence-electron chi connectivity index (χ4n) is 1.79. The van der Waals surface area contributed by atoms with E-state index in [9.17, 15) is 8.42 Å². The number of aryl methyl sites for hydroxylation is 1. The van der Waals surface area contributed by atoms with Crippen molar-refractivity contribution in [2.75, 3.05) is 12.3 Å². The lowest BCUT2D eigenvalue weighted by Crippen LogP contribution is -2.30. The molecule has 1 aromatic heterocycles. The van der Waals surface area contributed by atoms with Crippen molar-refractivity contribution in [1.29, 1.82) is 0 Å². The van der Waals surface area contributed by atoms with Gasteiger partial charge in [0.05, 0.1) is 5.75 Å². The van der Waals surface area contributed by atoms with Crippen molar-refractivity contribution in [1.82, 2.24) is 15.3 Å². The molecule has 0 amide bonds. The highest BCUT2D eigenvalue weighted by Crippen LogP contribution is 2.16. The number of hydrogen-bond acceptors (Lipinski definition) is 5. The molecular weight excluding hydrogens is 262 g/mol. The standard InChI is InChI=1S/C10H14ClN3O2S/c1-7-5-13-10(14-9(7)11)17(15,16)6-8-3-2-4-12-8/h5,8,12H,2-4,6H2,1H3/t8-/m0/s1. The zero-order valence-corrected chi connectivity index (χ0v) is 11.1. The summed E-state index contributed by atoms with van der Waals surface area (Å²) in [5.74, 6) is 0.0341. The Balaban J connectivity index is 2.21. The van der Waals surface area contributed by atoms with Crippen molar-refractivity contribution in [2.24, 2.45) is 0 Å². The third kappa shape index (κ3) is 2.94. The van der Waals surface area contributed by atoms with Crippen LogP contribution in [-0.2, 0) is 9.84 Å². The van der Waals surface area contributed by atoms with Gasteiger partial charge in [0.1, 0.15) is 5.15 Å². The van der Waals surface area contributed by atoms with Crippen LogP contribution in [0.15, 0.2) is 11.4 Å². The van der Waals surface area contributed by atoms with Gasteiger partial charge in [-0.2, -0.15) is 0 Å². The predicted molar refractivity (Wildman–Crippen MR) is 64.9 cm³/mol. The number of hydrogen-bond donors (Lipinski definition) is 1. The van der Waals surface area contributed by atoms with Crippen molar-refractivity contribution in [3.63, 3.8) is 0 Å². The van der Waals surface area contributed by atoms with Crippen molar-refractivity contribution in [2.45, 2.75) is 31.0 Å². The second-order valence-corrected chi connectivity index (χ2v) is 6.49. The fraction of sp³-hybridized carbons (Fsp3) is 0.600. The highest BCUT2D eigenvalue weighted by atomic mass is 35.5. The van der Waals surface area contributed by atoms with E-state index in [1.54, 1.807) is 6.92 Å². The molecule has 1 N–H and O–H groups in total. The lowest BCUT2D eigenvalue weighted by Gasteiger charge is -2.10. The van der Waals surface area contributed by atoms with Gasteiger partial charge in [-0.25, -0.2) is 18.4 Å². The Morgan fingerprint density at radius 2 is 2.35 bits per heavy atom. The van der Waals surface area contributed by atoms with Gasteiger partial charge in [0.2, 0.25) is 15.0 Å². The fourth-order valence-corrected chi connectivity index (χ4v) is 3.38. The van der Waals surface area contributed by atoms with E-state index in [4.69, 9.17) is 11.6 Å². The highest BCUT2D eigenvalue weighted by Gasteiger charge is 2.26. The van der Waals surface area contributed by atoms with E-state index in [-0.39, 0.29) is 22.1 Å². The molecule has 1 aliphatic rings. The molecule has 2 rings (SSSR count). The van der Waals surface area contributed by atoms with Gasteiger partial charge < -0.3 is 5.32 Å². The lowest BCUT2D eigenvalue weighted by molar-refractivity contribution is 0.568. The molecule has 0 aromatic carbocycles. The van der Waals surface area contributed by atoms with Crippen molar-refractivity contribution in [3.05, 3.63) is 16.9 Å². The van der Waals surface area contributed by atoms with E-state index >= 15 is 0 Å². The van der Waals surface area contributed by atoms with Crippen molar-refractivity contribution >= 4 is 21.4 Å². The second-order valence-electron chi connectivity index (χ2n) is 4.20. The van der Waals surface area contributed by atoms with Crippen LogP contribution in [0.2, 0.25) is 5.15 Å². The zero-order chi connectivity index (χ0) is 12.5. The molecule has 7 heteroatoms. The van der Waals surface area contributed by atoms with Gasteiger partial charge in [0.15, 0.2) is 0 Å². The molecule has 0 aliphatic carbocycles. The molecule has 1 saturated heterocycles. The van der Waals surface area contributed by atoms with E-state index in [0.717, 1.165) is 19.4 Å². The number of sulfone groups is 1. The zero-order valence-electron chi connectivity index (χ0n) is 9.48. The molecule has 5 nitrogen and oxygen atoms in total. The van der Waals surface area contributed by atoms with E-state index in [1.165, 1.54) is 6.20 Å². The molecule has 2 heterocycles. The normalized spacial score (nSPS) is 20.7. The van der Waals surface area contributed by atoms with Gasteiger partial charge in [0, 0.05) is 17.8 Å². The molecule has 1 aliphatic heterocycles. The Bertz CT molecular complexity index is 512. The van der Waals surface area contributed by atoms with Gasteiger partial charge in [-0.15, -0.1) is 0 Å². The molecule has 94 valence electrons. The van der Waals surface area contributed by atoms with Gasteiger partial charge >= 0.3 is 0 Å². The van der Waals surface area contributed by atoms with Gasteiger partial charge in [-0.3, -0.25) is 0 Å². The minimum absolute atomic E-state index is 0.00341. The van der Waals surface area contributed by atoms with Crippen LogP contribution in [0.25, 0.3) is 0 Å². The predicted octanol–water partition coefficient (Wildman–Crippen LogP) is 0.964. The summed E-state index contributed by atoms with van der Waals surface area (Å²) in [4.78, 5) is 7.67. The molecule has 1 atom stereocenters. The van der Waals surface area contributed by atoms with Gasteiger partial charge in [0.25, 0.3) is 0 Å². The monoisotopic (exact) mass is 275 g/mol. The molecule has 0 radical (unpaired) electrons. The molecule has 17 heavy (non-hydrogen) atoms. The van der Waals surface area contributed by atoms with Gasteiger partial charge in [-0.05, 0) is 26.3 Å². The third-order valence-corrected chi connectivity index (χ3v) is 4.73. The first-order valence-electron chi connectivity index (χ1n) is 5.44. The largest absolute Gasteiger partial charge is 0.313 e. The Labute approximate surface area is 106 Å². The van der Waals surface area contributed by atoms with E-state index in [2.05, 4.69) is 15.3 Å². The molecule has 1 aromatic rings. The average Bonchev–Trinajstić information content (AvgIpc) is 2.73. The van der Waals surface area contributed by atoms with E-state index < -0.39 is 9.84 Å². The van der Waals surface area contributed by atoms with E-state index in [1.807, 2.05) is 0 Å². The molecule has 0 spiro atoms. The summed E-state index contributed by atoms with van der Waals surface area (Å²) in [5.41, 5.74) is 0.671.